The van der Waals surface area contributed by atoms with Crippen LogP contribution in [0.5, 0.6) is 0 Å². The van der Waals surface area contributed by atoms with E-state index in [0.29, 0.717) is 21.9 Å². The molecule has 134 valence electrons. The highest BCUT2D eigenvalue weighted by Crippen LogP contribution is 2.31. The Hall–Kier alpha value is -2.75. The van der Waals surface area contributed by atoms with Gasteiger partial charge in [-0.15, -0.1) is 0 Å². The van der Waals surface area contributed by atoms with Crippen molar-refractivity contribution in [3.05, 3.63) is 71.3 Å². The standard InChI is InChI=1S/C17H16N4O3S2/c18-16(22)13-14(10-4-2-1-3-5-10)20-17(25)21-15(13)11-6-8-12(9-7-11)26(19,23)24/h1-9,15H,(H2,18,22)(H2,19,23,24)(H2,20,21,25). The summed E-state index contributed by atoms with van der Waals surface area (Å²) in [7, 11) is -3.81. The van der Waals surface area contributed by atoms with Gasteiger partial charge in [0, 0.05) is 0 Å². The molecule has 3 rings (SSSR count). The summed E-state index contributed by atoms with van der Waals surface area (Å²) in [6.45, 7) is 0. The molecule has 2 aromatic carbocycles. The van der Waals surface area contributed by atoms with Crippen molar-refractivity contribution in [1.29, 1.82) is 0 Å². The van der Waals surface area contributed by atoms with Gasteiger partial charge in [-0.2, -0.15) is 0 Å². The van der Waals surface area contributed by atoms with Gasteiger partial charge in [-0.1, -0.05) is 42.5 Å². The Bertz CT molecular complexity index is 1000. The van der Waals surface area contributed by atoms with Gasteiger partial charge in [0.15, 0.2) is 5.11 Å². The van der Waals surface area contributed by atoms with Crippen LogP contribution in [0.25, 0.3) is 5.70 Å². The molecule has 7 nitrogen and oxygen atoms in total. The second-order valence-corrected chi connectivity index (χ2v) is 7.63. The number of carbonyl (C=O) groups is 1. The number of nitrogens with one attached hydrogen (secondary N) is 2. The minimum absolute atomic E-state index is 0.0225. The molecule has 1 heterocycles. The number of primary amides is 1. The summed E-state index contributed by atoms with van der Waals surface area (Å²) < 4.78 is 22.9. The second-order valence-electron chi connectivity index (χ2n) is 5.66. The van der Waals surface area contributed by atoms with E-state index < -0.39 is 22.0 Å². The highest BCUT2D eigenvalue weighted by Gasteiger charge is 2.30. The number of primary sulfonamides is 1. The van der Waals surface area contributed by atoms with Gasteiger partial charge in [-0.05, 0) is 35.5 Å². The number of amides is 1. The van der Waals surface area contributed by atoms with Crippen molar-refractivity contribution in [2.24, 2.45) is 10.9 Å². The van der Waals surface area contributed by atoms with Crippen LogP contribution in [0.4, 0.5) is 0 Å². The van der Waals surface area contributed by atoms with Crippen molar-refractivity contribution >= 4 is 39.0 Å². The molecule has 0 spiro atoms. The molecule has 0 saturated heterocycles. The molecule has 0 bridgehead atoms. The van der Waals surface area contributed by atoms with Crippen molar-refractivity contribution in [2.75, 3.05) is 0 Å². The first-order valence-corrected chi connectivity index (χ1v) is 9.52. The van der Waals surface area contributed by atoms with E-state index in [4.69, 9.17) is 23.1 Å². The normalized spacial score (nSPS) is 17.4. The predicted octanol–water partition coefficient (Wildman–Crippen LogP) is 0.749. The molecule has 1 aliphatic heterocycles. The quantitative estimate of drug-likeness (QED) is 0.573. The van der Waals surface area contributed by atoms with Crippen molar-refractivity contribution in [3.63, 3.8) is 0 Å². The van der Waals surface area contributed by atoms with Crippen LogP contribution in [0.15, 0.2) is 65.1 Å². The van der Waals surface area contributed by atoms with Gasteiger partial charge in [-0.25, -0.2) is 13.6 Å². The lowest BCUT2D eigenvalue weighted by atomic mass is 9.92. The summed E-state index contributed by atoms with van der Waals surface area (Å²) in [4.78, 5) is 12.2. The molecule has 1 atom stereocenters. The van der Waals surface area contributed by atoms with E-state index in [2.05, 4.69) is 10.6 Å². The minimum Gasteiger partial charge on any atom is -0.366 e. The smallest absolute Gasteiger partial charge is 0.249 e. The number of sulfonamides is 1. The summed E-state index contributed by atoms with van der Waals surface area (Å²) in [5.41, 5.74) is 7.84. The molecular weight excluding hydrogens is 372 g/mol. The lowest BCUT2D eigenvalue weighted by molar-refractivity contribution is -0.114. The first-order valence-electron chi connectivity index (χ1n) is 7.57. The fraction of sp³-hybridized carbons (Fsp3) is 0.0588. The first kappa shape index (κ1) is 18.1. The molecule has 1 unspecified atom stereocenters. The lowest BCUT2D eigenvalue weighted by Gasteiger charge is -2.31. The van der Waals surface area contributed by atoms with Gasteiger partial charge in [-0.3, -0.25) is 4.79 Å². The van der Waals surface area contributed by atoms with E-state index >= 15 is 0 Å². The molecule has 0 radical (unpaired) electrons. The van der Waals surface area contributed by atoms with E-state index in [-0.39, 0.29) is 4.90 Å². The van der Waals surface area contributed by atoms with Gasteiger partial charge in [0.1, 0.15) is 0 Å². The van der Waals surface area contributed by atoms with E-state index in [1.807, 2.05) is 30.3 Å². The van der Waals surface area contributed by atoms with Crippen LogP contribution in [0.3, 0.4) is 0 Å². The molecule has 0 saturated carbocycles. The predicted molar refractivity (Wildman–Crippen MR) is 102 cm³/mol. The summed E-state index contributed by atoms with van der Waals surface area (Å²) in [6.07, 6.45) is 0. The maximum Gasteiger partial charge on any atom is 0.249 e. The SMILES string of the molecule is NC(=O)C1=C(c2ccccc2)NC(=S)NC1c1ccc(S(N)(=O)=O)cc1. The number of carbonyl (C=O) groups excluding carboxylic acids is 1. The van der Waals surface area contributed by atoms with E-state index in [9.17, 15) is 13.2 Å². The van der Waals surface area contributed by atoms with Crippen molar-refractivity contribution < 1.29 is 13.2 Å². The average molecular weight is 388 g/mol. The van der Waals surface area contributed by atoms with E-state index in [1.54, 1.807) is 12.1 Å². The Kier molecular flexibility index (Phi) is 4.77. The van der Waals surface area contributed by atoms with Gasteiger partial charge in [0.2, 0.25) is 15.9 Å². The zero-order chi connectivity index (χ0) is 18.9. The Labute approximate surface area is 156 Å². The topological polar surface area (TPSA) is 127 Å². The van der Waals surface area contributed by atoms with Crippen LogP contribution < -0.4 is 21.5 Å². The number of rotatable bonds is 4. The monoisotopic (exact) mass is 388 g/mol. The number of hydrogen-bond donors (Lipinski definition) is 4. The van der Waals surface area contributed by atoms with Gasteiger partial charge >= 0.3 is 0 Å². The average Bonchev–Trinajstić information content (AvgIpc) is 2.61. The maximum absolute atomic E-state index is 12.2. The number of hydrogen-bond acceptors (Lipinski definition) is 4. The van der Waals surface area contributed by atoms with Crippen LogP contribution in [0.2, 0.25) is 0 Å². The molecule has 26 heavy (non-hydrogen) atoms. The molecular formula is C17H16N4O3S2. The number of benzene rings is 2. The molecule has 6 N–H and O–H groups in total. The van der Waals surface area contributed by atoms with Crippen LogP contribution in [0.1, 0.15) is 17.2 Å². The third-order valence-corrected chi connectivity index (χ3v) is 5.09. The minimum atomic E-state index is -3.81. The Morgan fingerprint density at radius 1 is 1.04 bits per heavy atom. The summed E-state index contributed by atoms with van der Waals surface area (Å²) in [5.74, 6) is -0.619. The number of nitrogens with two attached hydrogens (primary N) is 2. The Morgan fingerprint density at radius 3 is 2.19 bits per heavy atom. The van der Waals surface area contributed by atoms with Crippen LogP contribution in [0, 0.1) is 0 Å². The largest absolute Gasteiger partial charge is 0.366 e. The van der Waals surface area contributed by atoms with Gasteiger partial charge < -0.3 is 16.4 Å². The zero-order valence-corrected chi connectivity index (χ0v) is 15.1. The third kappa shape index (κ3) is 3.59. The van der Waals surface area contributed by atoms with Crippen LogP contribution in [-0.4, -0.2) is 19.4 Å². The molecule has 0 aromatic heterocycles. The third-order valence-electron chi connectivity index (χ3n) is 3.94. The molecule has 2 aromatic rings. The zero-order valence-electron chi connectivity index (χ0n) is 13.5. The summed E-state index contributed by atoms with van der Waals surface area (Å²) in [5, 5.41) is 11.4. The molecule has 1 aliphatic rings. The first-order chi connectivity index (χ1) is 12.3. The lowest BCUT2D eigenvalue weighted by Crippen LogP contribution is -2.46. The molecule has 0 fully saturated rings. The Balaban J connectivity index is 2.13. The van der Waals surface area contributed by atoms with Crippen LogP contribution >= 0.6 is 12.2 Å². The molecule has 1 amide bonds. The van der Waals surface area contributed by atoms with Crippen LogP contribution in [-0.2, 0) is 14.8 Å². The summed E-state index contributed by atoms with van der Waals surface area (Å²) >= 11 is 5.26. The molecule has 9 heteroatoms. The van der Waals surface area contributed by atoms with Crippen molar-refractivity contribution in [3.8, 4) is 0 Å². The van der Waals surface area contributed by atoms with E-state index in [0.717, 1.165) is 5.56 Å². The fourth-order valence-corrected chi connectivity index (χ4v) is 3.50. The van der Waals surface area contributed by atoms with Gasteiger partial charge in [0.25, 0.3) is 0 Å². The number of thiocarbonyl (C=S) groups is 1. The van der Waals surface area contributed by atoms with E-state index in [1.165, 1.54) is 12.1 Å². The fourth-order valence-electron chi connectivity index (χ4n) is 2.76. The highest BCUT2D eigenvalue weighted by molar-refractivity contribution is 7.89. The maximum atomic E-state index is 12.2. The molecule has 0 aliphatic carbocycles. The second kappa shape index (κ2) is 6.87. The van der Waals surface area contributed by atoms with Crippen molar-refractivity contribution in [2.45, 2.75) is 10.9 Å². The van der Waals surface area contributed by atoms with Crippen molar-refractivity contribution in [1.82, 2.24) is 10.6 Å². The van der Waals surface area contributed by atoms with Gasteiger partial charge in [0.05, 0.1) is 22.2 Å². The highest BCUT2D eigenvalue weighted by atomic mass is 32.2. The summed E-state index contributed by atoms with van der Waals surface area (Å²) in [6, 6.07) is 14.5. The Morgan fingerprint density at radius 2 is 1.65 bits per heavy atom.